The van der Waals surface area contributed by atoms with Crippen LogP contribution in [0.1, 0.15) is 12.8 Å². The summed E-state index contributed by atoms with van der Waals surface area (Å²) >= 11 is 0. The van der Waals surface area contributed by atoms with Crippen molar-refractivity contribution in [1.29, 1.82) is 0 Å². The van der Waals surface area contributed by atoms with Gasteiger partial charge in [-0.2, -0.15) is 4.98 Å². The number of carbonyl (C=O) groups is 1. The van der Waals surface area contributed by atoms with Gasteiger partial charge in [0, 0.05) is 24.8 Å². The molecule has 0 aliphatic carbocycles. The highest BCUT2D eigenvalue weighted by molar-refractivity contribution is 5.65. The molecule has 0 saturated carbocycles. The van der Waals surface area contributed by atoms with Crippen molar-refractivity contribution in [3.8, 4) is 0 Å². The number of benzene rings is 1. The van der Waals surface area contributed by atoms with Gasteiger partial charge < -0.3 is 20.6 Å². The number of hydrogen-bond donors (Lipinski definition) is 3. The zero-order valence-corrected chi connectivity index (χ0v) is 14.1. The van der Waals surface area contributed by atoms with E-state index in [0.29, 0.717) is 31.6 Å². The van der Waals surface area contributed by atoms with Crippen LogP contribution in [-0.4, -0.2) is 50.1 Å². The molecule has 0 bridgehead atoms. The van der Waals surface area contributed by atoms with E-state index < -0.39 is 11.0 Å². The lowest BCUT2D eigenvalue weighted by Crippen LogP contribution is -2.41. The summed E-state index contributed by atoms with van der Waals surface area (Å²) in [5.74, 6) is -0.216. The van der Waals surface area contributed by atoms with Gasteiger partial charge in [0.2, 0.25) is 11.8 Å². The standard InChI is InChI=1S/C16H17FN6O4/c17-10-1-3-11(4-2-10)20-15-18-9-13(23(26)27)14(21-15)19-12-5-7-22(8-6-12)16(24)25/h1-4,9,12H,5-8H2,(H,24,25)(H2,18,19,20,21). The van der Waals surface area contributed by atoms with E-state index in [1.807, 2.05) is 0 Å². The first-order chi connectivity index (χ1) is 12.9. The number of nitrogens with zero attached hydrogens (tertiary/aromatic N) is 4. The number of nitrogens with one attached hydrogen (secondary N) is 2. The Morgan fingerprint density at radius 2 is 1.96 bits per heavy atom. The first-order valence-corrected chi connectivity index (χ1v) is 8.21. The molecule has 0 unspecified atom stereocenters. The maximum absolute atomic E-state index is 13.0. The Morgan fingerprint density at radius 3 is 2.56 bits per heavy atom. The molecule has 3 rings (SSSR count). The summed E-state index contributed by atoms with van der Waals surface area (Å²) in [7, 11) is 0. The molecular weight excluding hydrogens is 359 g/mol. The monoisotopic (exact) mass is 376 g/mol. The molecule has 3 N–H and O–H groups in total. The predicted octanol–water partition coefficient (Wildman–Crippen LogP) is 2.82. The first kappa shape index (κ1) is 18.3. The number of hydrogen-bond acceptors (Lipinski definition) is 7. The number of piperidine rings is 1. The van der Waals surface area contributed by atoms with Crippen LogP contribution >= 0.6 is 0 Å². The number of halogens is 1. The average molecular weight is 376 g/mol. The zero-order chi connectivity index (χ0) is 19.4. The fourth-order valence-electron chi connectivity index (χ4n) is 2.75. The average Bonchev–Trinajstić information content (AvgIpc) is 2.64. The first-order valence-electron chi connectivity index (χ1n) is 8.21. The summed E-state index contributed by atoms with van der Waals surface area (Å²) < 4.78 is 13.0. The molecule has 0 atom stereocenters. The fourth-order valence-corrected chi connectivity index (χ4v) is 2.75. The van der Waals surface area contributed by atoms with Crippen LogP contribution in [-0.2, 0) is 0 Å². The Kier molecular flexibility index (Phi) is 5.29. The van der Waals surface area contributed by atoms with Gasteiger partial charge in [0.1, 0.15) is 12.0 Å². The third kappa shape index (κ3) is 4.57. The van der Waals surface area contributed by atoms with E-state index in [0.717, 1.165) is 6.20 Å². The van der Waals surface area contributed by atoms with Crippen LogP contribution in [0.5, 0.6) is 0 Å². The molecule has 142 valence electrons. The molecule has 1 aliphatic rings. The maximum atomic E-state index is 13.0. The van der Waals surface area contributed by atoms with Gasteiger partial charge in [0.25, 0.3) is 0 Å². The molecular formula is C16H17FN6O4. The number of amides is 1. The van der Waals surface area contributed by atoms with Crippen molar-refractivity contribution in [2.24, 2.45) is 0 Å². The molecule has 11 heteroatoms. The summed E-state index contributed by atoms with van der Waals surface area (Å²) in [6.07, 6.45) is 1.13. The molecule has 10 nitrogen and oxygen atoms in total. The number of likely N-dealkylation sites (tertiary alicyclic amines) is 1. The Balaban J connectivity index is 1.75. The van der Waals surface area contributed by atoms with E-state index in [1.54, 1.807) is 0 Å². The summed E-state index contributed by atoms with van der Waals surface area (Å²) in [6.45, 7) is 0.680. The highest BCUT2D eigenvalue weighted by atomic mass is 19.1. The Morgan fingerprint density at radius 1 is 1.30 bits per heavy atom. The molecule has 1 saturated heterocycles. The number of aromatic nitrogens is 2. The second kappa shape index (κ2) is 7.81. The summed E-state index contributed by atoms with van der Waals surface area (Å²) in [6, 6.07) is 5.38. The fraction of sp³-hybridized carbons (Fsp3) is 0.312. The number of anilines is 3. The largest absolute Gasteiger partial charge is 0.465 e. The van der Waals surface area contributed by atoms with Crippen molar-refractivity contribution in [3.05, 3.63) is 46.4 Å². The van der Waals surface area contributed by atoms with Crippen molar-refractivity contribution in [1.82, 2.24) is 14.9 Å². The lowest BCUT2D eigenvalue weighted by molar-refractivity contribution is -0.384. The SMILES string of the molecule is O=C(O)N1CCC(Nc2nc(Nc3ccc(F)cc3)ncc2[N+](=O)[O-])CC1. The zero-order valence-electron chi connectivity index (χ0n) is 14.1. The van der Waals surface area contributed by atoms with Crippen LogP contribution < -0.4 is 10.6 Å². The summed E-state index contributed by atoms with van der Waals surface area (Å²) in [4.78, 5) is 31.0. The number of nitro groups is 1. The molecule has 2 aromatic rings. The highest BCUT2D eigenvalue weighted by Crippen LogP contribution is 2.26. The van der Waals surface area contributed by atoms with Crippen LogP contribution in [0, 0.1) is 15.9 Å². The van der Waals surface area contributed by atoms with Gasteiger partial charge in [-0.3, -0.25) is 10.1 Å². The van der Waals surface area contributed by atoms with E-state index in [-0.39, 0.29) is 29.3 Å². The van der Waals surface area contributed by atoms with E-state index >= 15 is 0 Å². The molecule has 1 fully saturated rings. The van der Waals surface area contributed by atoms with Crippen LogP contribution in [0.3, 0.4) is 0 Å². The molecule has 1 amide bonds. The van der Waals surface area contributed by atoms with Crippen molar-refractivity contribution >= 4 is 29.2 Å². The summed E-state index contributed by atoms with van der Waals surface area (Å²) in [5, 5.41) is 26.1. The molecule has 2 heterocycles. The van der Waals surface area contributed by atoms with E-state index in [9.17, 15) is 19.3 Å². The normalized spacial score (nSPS) is 14.6. The smallest absolute Gasteiger partial charge is 0.407 e. The van der Waals surface area contributed by atoms with Crippen molar-refractivity contribution < 1.29 is 19.2 Å². The van der Waals surface area contributed by atoms with Crippen molar-refractivity contribution in [2.75, 3.05) is 23.7 Å². The Hall–Kier alpha value is -3.50. The lowest BCUT2D eigenvalue weighted by Gasteiger charge is -2.30. The molecule has 1 aromatic carbocycles. The van der Waals surface area contributed by atoms with Crippen LogP contribution in [0.2, 0.25) is 0 Å². The van der Waals surface area contributed by atoms with E-state index in [4.69, 9.17) is 5.11 Å². The van der Waals surface area contributed by atoms with Gasteiger partial charge in [-0.1, -0.05) is 0 Å². The Bertz CT molecular complexity index is 839. The second-order valence-corrected chi connectivity index (χ2v) is 6.00. The van der Waals surface area contributed by atoms with Crippen LogP contribution in [0.4, 0.5) is 32.3 Å². The number of rotatable bonds is 5. The molecule has 1 aromatic heterocycles. The molecule has 0 radical (unpaired) electrons. The van der Waals surface area contributed by atoms with Crippen molar-refractivity contribution in [2.45, 2.75) is 18.9 Å². The van der Waals surface area contributed by atoms with Gasteiger partial charge in [-0.05, 0) is 37.1 Å². The minimum Gasteiger partial charge on any atom is -0.465 e. The van der Waals surface area contributed by atoms with Gasteiger partial charge in [-0.15, -0.1) is 0 Å². The van der Waals surface area contributed by atoms with Gasteiger partial charge in [0.05, 0.1) is 4.92 Å². The number of carboxylic acid groups (broad SMARTS) is 1. The maximum Gasteiger partial charge on any atom is 0.407 e. The van der Waals surface area contributed by atoms with Crippen LogP contribution in [0.25, 0.3) is 0 Å². The molecule has 0 spiro atoms. The summed E-state index contributed by atoms with van der Waals surface area (Å²) in [5.41, 5.74) is 0.256. The second-order valence-electron chi connectivity index (χ2n) is 6.00. The third-order valence-corrected chi connectivity index (χ3v) is 4.17. The third-order valence-electron chi connectivity index (χ3n) is 4.17. The van der Waals surface area contributed by atoms with Gasteiger partial charge in [-0.25, -0.2) is 14.2 Å². The topological polar surface area (TPSA) is 134 Å². The van der Waals surface area contributed by atoms with Crippen LogP contribution in [0.15, 0.2) is 30.5 Å². The Labute approximate surface area is 153 Å². The van der Waals surface area contributed by atoms with Gasteiger partial charge >= 0.3 is 11.8 Å². The quantitative estimate of drug-likeness (QED) is 0.536. The van der Waals surface area contributed by atoms with E-state index in [1.165, 1.54) is 29.2 Å². The van der Waals surface area contributed by atoms with E-state index in [2.05, 4.69) is 20.6 Å². The minimum atomic E-state index is -0.979. The molecule has 27 heavy (non-hydrogen) atoms. The molecule has 1 aliphatic heterocycles. The van der Waals surface area contributed by atoms with Crippen molar-refractivity contribution in [3.63, 3.8) is 0 Å². The minimum absolute atomic E-state index is 0.0494. The van der Waals surface area contributed by atoms with Gasteiger partial charge in [0.15, 0.2) is 0 Å². The predicted molar refractivity (Wildman–Crippen MR) is 94.6 cm³/mol. The highest BCUT2D eigenvalue weighted by Gasteiger charge is 2.25. The lowest BCUT2D eigenvalue weighted by atomic mass is 10.1.